The van der Waals surface area contributed by atoms with Gasteiger partial charge in [-0.15, -0.1) is 0 Å². The molecule has 21 heavy (non-hydrogen) atoms. The lowest BCUT2D eigenvalue weighted by Gasteiger charge is -2.44. The van der Waals surface area contributed by atoms with Gasteiger partial charge in [0.25, 0.3) is 0 Å². The number of carbonyl (C=O) groups is 2. The SMILES string of the molecule is O=C(N1CCC(O)(C2(C(=O)O)CCOCC2)C1)C(F)(F)F. The third kappa shape index (κ3) is 2.59. The van der Waals surface area contributed by atoms with Crippen LogP contribution in [0.5, 0.6) is 0 Å². The Hall–Kier alpha value is -1.35. The highest BCUT2D eigenvalue weighted by Crippen LogP contribution is 2.46. The quantitative estimate of drug-likeness (QED) is 0.770. The molecule has 2 fully saturated rings. The molecule has 1 atom stereocenters. The maximum absolute atomic E-state index is 12.4. The van der Waals surface area contributed by atoms with Crippen molar-refractivity contribution in [3.8, 4) is 0 Å². The summed E-state index contributed by atoms with van der Waals surface area (Å²) >= 11 is 0. The summed E-state index contributed by atoms with van der Waals surface area (Å²) in [4.78, 5) is 23.3. The molecular weight excluding hydrogens is 295 g/mol. The van der Waals surface area contributed by atoms with Gasteiger partial charge >= 0.3 is 18.1 Å². The van der Waals surface area contributed by atoms with E-state index in [-0.39, 0.29) is 39.0 Å². The summed E-state index contributed by atoms with van der Waals surface area (Å²) in [5, 5.41) is 20.1. The van der Waals surface area contributed by atoms with Gasteiger partial charge in [0.05, 0.1) is 6.54 Å². The summed E-state index contributed by atoms with van der Waals surface area (Å²) in [5.74, 6) is -3.32. The van der Waals surface area contributed by atoms with E-state index in [9.17, 15) is 33.0 Å². The van der Waals surface area contributed by atoms with Gasteiger partial charge in [-0.2, -0.15) is 13.2 Å². The summed E-state index contributed by atoms with van der Waals surface area (Å²) < 4.78 is 42.4. The van der Waals surface area contributed by atoms with Crippen LogP contribution in [-0.4, -0.2) is 65.1 Å². The first-order chi connectivity index (χ1) is 9.62. The first-order valence-corrected chi connectivity index (χ1v) is 6.52. The minimum absolute atomic E-state index is 0.00683. The number of hydrogen-bond donors (Lipinski definition) is 2. The minimum Gasteiger partial charge on any atom is -0.481 e. The average Bonchev–Trinajstić information content (AvgIpc) is 2.81. The molecule has 2 heterocycles. The van der Waals surface area contributed by atoms with Gasteiger partial charge < -0.3 is 19.8 Å². The third-order valence-corrected chi connectivity index (χ3v) is 4.42. The topological polar surface area (TPSA) is 87.1 Å². The van der Waals surface area contributed by atoms with Crippen LogP contribution in [0.3, 0.4) is 0 Å². The van der Waals surface area contributed by atoms with E-state index in [2.05, 4.69) is 0 Å². The van der Waals surface area contributed by atoms with Crippen molar-refractivity contribution in [1.82, 2.24) is 4.90 Å². The largest absolute Gasteiger partial charge is 0.481 e. The molecule has 0 aromatic heterocycles. The van der Waals surface area contributed by atoms with E-state index in [1.54, 1.807) is 0 Å². The number of likely N-dealkylation sites (tertiary alicyclic amines) is 1. The summed E-state index contributed by atoms with van der Waals surface area (Å²) in [7, 11) is 0. The predicted molar refractivity (Wildman–Crippen MR) is 62.3 cm³/mol. The Morgan fingerprint density at radius 1 is 1.14 bits per heavy atom. The fraction of sp³-hybridized carbons (Fsp3) is 0.833. The second kappa shape index (κ2) is 5.13. The van der Waals surface area contributed by atoms with Crippen LogP contribution in [0.2, 0.25) is 0 Å². The fourth-order valence-corrected chi connectivity index (χ4v) is 3.14. The summed E-state index contributed by atoms with van der Waals surface area (Å²) in [6, 6.07) is 0. The summed E-state index contributed by atoms with van der Waals surface area (Å²) in [6.45, 7) is -0.716. The van der Waals surface area contributed by atoms with Gasteiger partial charge in [0.1, 0.15) is 11.0 Å². The second-order valence-electron chi connectivity index (χ2n) is 5.51. The molecule has 2 N–H and O–H groups in total. The fourth-order valence-electron chi connectivity index (χ4n) is 3.14. The summed E-state index contributed by atoms with van der Waals surface area (Å²) in [6.07, 6.45) is -5.21. The zero-order chi connectivity index (χ0) is 15.9. The molecule has 6 nitrogen and oxygen atoms in total. The van der Waals surface area contributed by atoms with Crippen molar-refractivity contribution in [2.24, 2.45) is 5.41 Å². The van der Waals surface area contributed by atoms with Crippen LogP contribution in [0.1, 0.15) is 19.3 Å². The number of ether oxygens (including phenoxy) is 1. The Morgan fingerprint density at radius 3 is 2.19 bits per heavy atom. The molecule has 0 aromatic rings. The maximum Gasteiger partial charge on any atom is 0.471 e. The normalized spacial score (nSPS) is 29.4. The van der Waals surface area contributed by atoms with E-state index in [0.29, 0.717) is 4.90 Å². The highest BCUT2D eigenvalue weighted by atomic mass is 19.4. The van der Waals surface area contributed by atoms with Crippen molar-refractivity contribution in [1.29, 1.82) is 0 Å². The molecule has 9 heteroatoms. The number of halogens is 3. The van der Waals surface area contributed by atoms with E-state index in [4.69, 9.17) is 4.74 Å². The average molecular weight is 311 g/mol. The monoisotopic (exact) mass is 311 g/mol. The first kappa shape index (κ1) is 16.0. The summed E-state index contributed by atoms with van der Waals surface area (Å²) in [5.41, 5.74) is -3.45. The van der Waals surface area contributed by atoms with Gasteiger partial charge in [0.2, 0.25) is 0 Å². The number of carboxylic acid groups (broad SMARTS) is 1. The second-order valence-corrected chi connectivity index (χ2v) is 5.51. The number of alkyl halides is 3. The number of aliphatic carboxylic acids is 1. The third-order valence-electron chi connectivity index (χ3n) is 4.42. The van der Waals surface area contributed by atoms with Gasteiger partial charge in [-0.25, -0.2) is 0 Å². The molecule has 0 aromatic carbocycles. The minimum atomic E-state index is -5.03. The molecule has 0 saturated carbocycles. The van der Waals surface area contributed by atoms with E-state index < -0.39 is 35.6 Å². The van der Waals surface area contributed by atoms with Gasteiger partial charge in [0.15, 0.2) is 0 Å². The van der Waals surface area contributed by atoms with Crippen molar-refractivity contribution in [3.63, 3.8) is 0 Å². The molecule has 0 radical (unpaired) electrons. The standard InChI is InChI=1S/C12H16F3NO5/c13-12(14,15)8(17)16-4-1-11(20,7-16)10(9(18)19)2-5-21-6-3-10/h20H,1-7H2,(H,18,19). The number of rotatable bonds is 2. The molecule has 0 spiro atoms. The van der Waals surface area contributed by atoms with Crippen LogP contribution < -0.4 is 0 Å². The lowest BCUT2D eigenvalue weighted by molar-refractivity contribution is -0.191. The van der Waals surface area contributed by atoms with E-state index >= 15 is 0 Å². The number of carboxylic acids is 1. The number of aliphatic hydroxyl groups is 1. The number of nitrogens with zero attached hydrogens (tertiary/aromatic N) is 1. The van der Waals surface area contributed by atoms with E-state index in [0.717, 1.165) is 0 Å². The number of β-amino-alcohol motifs (C(OH)–C–C–N with tert-alkyl or cyclic N) is 1. The molecule has 1 unspecified atom stereocenters. The molecule has 120 valence electrons. The van der Waals surface area contributed by atoms with Crippen molar-refractivity contribution in [2.75, 3.05) is 26.3 Å². The smallest absolute Gasteiger partial charge is 0.471 e. The maximum atomic E-state index is 12.4. The molecule has 0 bridgehead atoms. The van der Waals surface area contributed by atoms with Crippen molar-refractivity contribution < 1.29 is 37.7 Å². The Morgan fingerprint density at radius 2 is 1.71 bits per heavy atom. The zero-order valence-corrected chi connectivity index (χ0v) is 11.2. The molecule has 2 saturated heterocycles. The number of amides is 1. The van der Waals surface area contributed by atoms with Crippen LogP contribution in [0.4, 0.5) is 13.2 Å². The van der Waals surface area contributed by atoms with Crippen LogP contribution in [0.15, 0.2) is 0 Å². The Balaban J connectivity index is 2.23. The highest BCUT2D eigenvalue weighted by molar-refractivity contribution is 5.83. The molecule has 1 amide bonds. The van der Waals surface area contributed by atoms with Crippen LogP contribution in [0.25, 0.3) is 0 Å². The van der Waals surface area contributed by atoms with E-state index in [1.807, 2.05) is 0 Å². The van der Waals surface area contributed by atoms with Crippen molar-refractivity contribution >= 4 is 11.9 Å². The van der Waals surface area contributed by atoms with E-state index in [1.165, 1.54) is 0 Å². The molecule has 0 aliphatic carbocycles. The molecule has 2 aliphatic heterocycles. The Bertz CT molecular complexity index is 447. The van der Waals surface area contributed by atoms with Crippen LogP contribution in [-0.2, 0) is 14.3 Å². The van der Waals surface area contributed by atoms with Gasteiger partial charge in [0, 0.05) is 19.8 Å². The van der Waals surface area contributed by atoms with Gasteiger partial charge in [-0.1, -0.05) is 0 Å². The molecule has 2 aliphatic rings. The zero-order valence-electron chi connectivity index (χ0n) is 11.2. The number of carbonyl (C=O) groups excluding carboxylic acids is 1. The molecule has 2 rings (SSSR count). The Labute approximate surface area is 118 Å². The highest BCUT2D eigenvalue weighted by Gasteiger charge is 2.61. The number of hydrogen-bond acceptors (Lipinski definition) is 4. The lowest BCUT2D eigenvalue weighted by atomic mass is 9.66. The van der Waals surface area contributed by atoms with Crippen molar-refractivity contribution in [3.05, 3.63) is 0 Å². The Kier molecular flexibility index (Phi) is 3.92. The van der Waals surface area contributed by atoms with Gasteiger partial charge in [-0.05, 0) is 19.3 Å². The predicted octanol–water partition coefficient (Wildman–Crippen LogP) is 0.393. The molecular formula is C12H16F3NO5. The van der Waals surface area contributed by atoms with Crippen LogP contribution in [0, 0.1) is 5.41 Å². The first-order valence-electron chi connectivity index (χ1n) is 6.52. The van der Waals surface area contributed by atoms with Crippen molar-refractivity contribution in [2.45, 2.75) is 31.0 Å². The lowest BCUT2D eigenvalue weighted by Crippen LogP contribution is -2.58. The van der Waals surface area contributed by atoms with Crippen LogP contribution >= 0.6 is 0 Å². The van der Waals surface area contributed by atoms with Gasteiger partial charge in [-0.3, -0.25) is 9.59 Å².